The van der Waals surface area contributed by atoms with Crippen LogP contribution in [0.15, 0.2) is 6.20 Å². The summed E-state index contributed by atoms with van der Waals surface area (Å²) in [4.78, 5) is 5.53. The molecule has 1 unspecified atom stereocenters. The molecule has 3 N–H and O–H groups in total. The predicted molar refractivity (Wildman–Crippen MR) is 70.3 cm³/mol. The Morgan fingerprint density at radius 1 is 1.38 bits per heavy atom. The van der Waals surface area contributed by atoms with Gasteiger partial charge in [0.15, 0.2) is 0 Å². The summed E-state index contributed by atoms with van der Waals surface area (Å²) >= 11 is 1.74. The molecule has 3 nitrogen and oxygen atoms in total. The Morgan fingerprint density at radius 3 is 2.69 bits per heavy atom. The number of aromatic nitrogens is 1. The van der Waals surface area contributed by atoms with Gasteiger partial charge in [0, 0.05) is 11.1 Å². The first kappa shape index (κ1) is 13.6. The quantitative estimate of drug-likeness (QED) is 0.417. The Labute approximate surface area is 102 Å². The molecular weight excluding hydrogens is 218 g/mol. The summed E-state index contributed by atoms with van der Waals surface area (Å²) in [5, 5.41) is 1.11. The van der Waals surface area contributed by atoms with E-state index < -0.39 is 0 Å². The number of nitrogens with two attached hydrogens (primary N) is 1. The van der Waals surface area contributed by atoms with Crippen molar-refractivity contribution in [2.45, 2.75) is 58.4 Å². The summed E-state index contributed by atoms with van der Waals surface area (Å²) in [6.45, 7) is 4.27. The second-order valence-electron chi connectivity index (χ2n) is 4.20. The second kappa shape index (κ2) is 7.76. The van der Waals surface area contributed by atoms with Crippen molar-refractivity contribution in [1.29, 1.82) is 0 Å². The average molecular weight is 241 g/mol. The first-order valence-electron chi connectivity index (χ1n) is 6.16. The van der Waals surface area contributed by atoms with Crippen LogP contribution in [0.5, 0.6) is 0 Å². The summed E-state index contributed by atoms with van der Waals surface area (Å²) in [6.07, 6.45) is 9.59. The third-order valence-electron chi connectivity index (χ3n) is 2.78. The van der Waals surface area contributed by atoms with Gasteiger partial charge in [0.2, 0.25) is 0 Å². The number of hydrogen-bond donors (Lipinski definition) is 2. The highest BCUT2D eigenvalue weighted by Gasteiger charge is 2.11. The van der Waals surface area contributed by atoms with Crippen LogP contribution in [0.25, 0.3) is 0 Å². The van der Waals surface area contributed by atoms with E-state index >= 15 is 0 Å². The molecular formula is C12H23N3S. The molecule has 1 aromatic heterocycles. The fourth-order valence-electron chi connectivity index (χ4n) is 1.80. The van der Waals surface area contributed by atoms with Gasteiger partial charge in [-0.1, -0.05) is 39.0 Å². The maximum Gasteiger partial charge on any atom is 0.0897 e. The Morgan fingerprint density at radius 2 is 2.12 bits per heavy atom. The zero-order valence-corrected chi connectivity index (χ0v) is 11.1. The van der Waals surface area contributed by atoms with Crippen molar-refractivity contribution >= 4 is 11.3 Å². The van der Waals surface area contributed by atoms with Gasteiger partial charge in [0.1, 0.15) is 0 Å². The molecule has 1 atom stereocenters. The molecule has 0 saturated heterocycles. The van der Waals surface area contributed by atoms with Gasteiger partial charge in [0.05, 0.1) is 11.0 Å². The number of nitrogens with one attached hydrogen (secondary N) is 1. The number of hydrazine groups is 1. The SMILES string of the molecule is CCCCCCCC(NN)c1cnc(C)s1. The van der Waals surface area contributed by atoms with Crippen LogP contribution in [-0.4, -0.2) is 4.98 Å². The molecule has 0 fully saturated rings. The van der Waals surface area contributed by atoms with Crippen molar-refractivity contribution < 1.29 is 0 Å². The molecule has 92 valence electrons. The van der Waals surface area contributed by atoms with Crippen LogP contribution in [0.3, 0.4) is 0 Å². The van der Waals surface area contributed by atoms with Crippen LogP contribution in [0, 0.1) is 6.92 Å². The van der Waals surface area contributed by atoms with Crippen molar-refractivity contribution in [3.63, 3.8) is 0 Å². The van der Waals surface area contributed by atoms with Crippen molar-refractivity contribution in [3.05, 3.63) is 16.1 Å². The average Bonchev–Trinajstić information content (AvgIpc) is 2.70. The Balaban J connectivity index is 2.27. The van der Waals surface area contributed by atoms with Crippen LogP contribution in [-0.2, 0) is 0 Å². The van der Waals surface area contributed by atoms with E-state index in [-0.39, 0.29) is 6.04 Å². The van der Waals surface area contributed by atoms with Crippen molar-refractivity contribution in [3.8, 4) is 0 Å². The van der Waals surface area contributed by atoms with Crippen molar-refractivity contribution in [2.75, 3.05) is 0 Å². The van der Waals surface area contributed by atoms with Crippen LogP contribution in [0.1, 0.15) is 61.4 Å². The number of aryl methyl sites for hydroxylation is 1. The number of rotatable bonds is 8. The van der Waals surface area contributed by atoms with E-state index in [4.69, 9.17) is 5.84 Å². The molecule has 0 radical (unpaired) electrons. The molecule has 0 saturated carbocycles. The monoisotopic (exact) mass is 241 g/mol. The topological polar surface area (TPSA) is 50.9 Å². The molecule has 1 rings (SSSR count). The maximum absolute atomic E-state index is 5.58. The minimum atomic E-state index is 0.285. The summed E-state index contributed by atoms with van der Waals surface area (Å²) in [5.74, 6) is 5.58. The standard InChI is InChI=1S/C12H23N3S/c1-3-4-5-6-7-8-11(15-13)12-9-14-10(2)16-12/h9,11,15H,3-8,13H2,1-2H3. The number of unbranched alkanes of at least 4 members (excludes halogenated alkanes) is 4. The largest absolute Gasteiger partial charge is 0.271 e. The van der Waals surface area contributed by atoms with E-state index in [0.717, 1.165) is 11.4 Å². The predicted octanol–water partition coefficient (Wildman–Crippen LogP) is 3.32. The molecule has 1 heterocycles. The van der Waals surface area contributed by atoms with Crippen LogP contribution >= 0.6 is 11.3 Å². The Hall–Kier alpha value is -0.450. The van der Waals surface area contributed by atoms with E-state index in [9.17, 15) is 0 Å². The van der Waals surface area contributed by atoms with Gasteiger partial charge < -0.3 is 0 Å². The summed E-state index contributed by atoms with van der Waals surface area (Å²) in [7, 11) is 0. The van der Waals surface area contributed by atoms with Gasteiger partial charge >= 0.3 is 0 Å². The molecule has 0 spiro atoms. The fourth-order valence-corrected chi connectivity index (χ4v) is 2.68. The second-order valence-corrected chi connectivity index (χ2v) is 5.47. The smallest absolute Gasteiger partial charge is 0.0897 e. The van der Waals surface area contributed by atoms with Gasteiger partial charge in [-0.15, -0.1) is 11.3 Å². The van der Waals surface area contributed by atoms with Gasteiger partial charge in [-0.25, -0.2) is 4.98 Å². The number of nitrogens with zero attached hydrogens (tertiary/aromatic N) is 1. The highest BCUT2D eigenvalue weighted by Crippen LogP contribution is 2.24. The molecule has 0 aromatic carbocycles. The van der Waals surface area contributed by atoms with E-state index in [1.54, 1.807) is 11.3 Å². The summed E-state index contributed by atoms with van der Waals surface area (Å²) in [6, 6.07) is 0.285. The molecule has 0 aliphatic heterocycles. The number of thiazole rings is 1. The summed E-state index contributed by atoms with van der Waals surface area (Å²) < 4.78 is 0. The van der Waals surface area contributed by atoms with Crippen LogP contribution < -0.4 is 11.3 Å². The first-order chi connectivity index (χ1) is 7.77. The van der Waals surface area contributed by atoms with E-state index in [1.807, 2.05) is 13.1 Å². The molecule has 0 aliphatic carbocycles. The van der Waals surface area contributed by atoms with E-state index in [0.29, 0.717) is 0 Å². The fraction of sp³-hybridized carbons (Fsp3) is 0.750. The zero-order valence-electron chi connectivity index (χ0n) is 10.3. The van der Waals surface area contributed by atoms with E-state index in [2.05, 4.69) is 17.3 Å². The minimum absolute atomic E-state index is 0.285. The lowest BCUT2D eigenvalue weighted by Gasteiger charge is -2.13. The molecule has 4 heteroatoms. The van der Waals surface area contributed by atoms with Gasteiger partial charge in [-0.3, -0.25) is 11.3 Å². The third kappa shape index (κ3) is 4.60. The minimum Gasteiger partial charge on any atom is -0.271 e. The summed E-state index contributed by atoms with van der Waals surface area (Å²) in [5.41, 5.74) is 2.89. The van der Waals surface area contributed by atoms with Crippen LogP contribution in [0.2, 0.25) is 0 Å². The third-order valence-corrected chi connectivity index (χ3v) is 3.81. The van der Waals surface area contributed by atoms with Gasteiger partial charge in [-0.2, -0.15) is 0 Å². The van der Waals surface area contributed by atoms with Crippen molar-refractivity contribution in [2.24, 2.45) is 5.84 Å². The lowest BCUT2D eigenvalue weighted by Crippen LogP contribution is -2.27. The van der Waals surface area contributed by atoms with Gasteiger partial charge in [-0.05, 0) is 13.3 Å². The van der Waals surface area contributed by atoms with E-state index in [1.165, 1.54) is 37.0 Å². The van der Waals surface area contributed by atoms with Crippen LogP contribution in [0.4, 0.5) is 0 Å². The Bertz CT molecular complexity index is 286. The molecule has 0 aliphatic rings. The normalized spacial score (nSPS) is 12.9. The first-order valence-corrected chi connectivity index (χ1v) is 6.98. The highest BCUT2D eigenvalue weighted by atomic mass is 32.1. The highest BCUT2D eigenvalue weighted by molar-refractivity contribution is 7.11. The maximum atomic E-state index is 5.58. The zero-order chi connectivity index (χ0) is 11.8. The molecule has 0 amide bonds. The lowest BCUT2D eigenvalue weighted by atomic mass is 10.1. The van der Waals surface area contributed by atoms with Crippen molar-refractivity contribution in [1.82, 2.24) is 10.4 Å². The molecule has 1 aromatic rings. The Kier molecular flexibility index (Phi) is 6.61. The number of hydrogen-bond acceptors (Lipinski definition) is 4. The molecule has 16 heavy (non-hydrogen) atoms. The lowest BCUT2D eigenvalue weighted by molar-refractivity contribution is 0.484. The molecule has 0 bridgehead atoms. The van der Waals surface area contributed by atoms with Gasteiger partial charge in [0.25, 0.3) is 0 Å².